The maximum atomic E-state index is 12.4. The molecule has 26 heavy (non-hydrogen) atoms. The van der Waals surface area contributed by atoms with E-state index in [1.807, 2.05) is 13.8 Å². The molecule has 0 aromatic carbocycles. The topological polar surface area (TPSA) is 83.7 Å². The zero-order chi connectivity index (χ0) is 18.7. The fraction of sp³-hybridized carbons (Fsp3) is 0.778. The van der Waals surface area contributed by atoms with E-state index in [-0.39, 0.29) is 23.3 Å². The van der Waals surface area contributed by atoms with E-state index in [9.17, 15) is 13.2 Å². The molecular weight excluding hydrogens is 354 g/mol. The number of carbonyl (C=O) groups excluding carboxylic acids is 1. The lowest BCUT2D eigenvalue weighted by molar-refractivity contribution is -0.132. The number of amides is 1. The van der Waals surface area contributed by atoms with Crippen molar-refractivity contribution in [3.63, 3.8) is 0 Å². The van der Waals surface area contributed by atoms with Crippen LogP contribution in [0.25, 0.3) is 0 Å². The molecule has 1 amide bonds. The number of hydrogen-bond acceptors (Lipinski definition) is 6. The van der Waals surface area contributed by atoms with Crippen molar-refractivity contribution < 1.29 is 17.7 Å². The first-order chi connectivity index (χ1) is 12.4. The second-order valence-electron chi connectivity index (χ2n) is 7.48. The summed E-state index contributed by atoms with van der Waals surface area (Å²) in [5.74, 6) is 0.803. The summed E-state index contributed by atoms with van der Waals surface area (Å²) in [6.45, 7) is 7.49. The fourth-order valence-corrected chi connectivity index (χ4v) is 5.75. The highest BCUT2D eigenvalue weighted by Gasteiger charge is 2.30. The Morgan fingerprint density at radius 2 is 1.81 bits per heavy atom. The van der Waals surface area contributed by atoms with Crippen molar-refractivity contribution in [1.82, 2.24) is 15.0 Å². The lowest BCUT2D eigenvalue weighted by Crippen LogP contribution is -2.48. The van der Waals surface area contributed by atoms with Gasteiger partial charge >= 0.3 is 0 Å². The Hall–Kier alpha value is -1.41. The van der Waals surface area contributed by atoms with Crippen LogP contribution in [0.1, 0.15) is 49.1 Å². The summed E-state index contributed by atoms with van der Waals surface area (Å²) in [6, 6.07) is 0. The summed E-state index contributed by atoms with van der Waals surface area (Å²) >= 11 is 0. The molecule has 1 saturated carbocycles. The summed E-state index contributed by atoms with van der Waals surface area (Å²) in [5, 5.41) is 3.76. The molecule has 1 aromatic heterocycles. The van der Waals surface area contributed by atoms with Crippen LogP contribution in [0.4, 0.5) is 0 Å². The molecular formula is C18H29N3O4S. The summed E-state index contributed by atoms with van der Waals surface area (Å²) < 4.78 is 29.8. The van der Waals surface area contributed by atoms with E-state index in [0.29, 0.717) is 13.1 Å². The highest BCUT2D eigenvalue weighted by molar-refractivity contribution is 7.92. The Balaban J connectivity index is 1.45. The van der Waals surface area contributed by atoms with Crippen LogP contribution < -0.4 is 0 Å². The highest BCUT2D eigenvalue weighted by atomic mass is 32.2. The van der Waals surface area contributed by atoms with Gasteiger partial charge in [0.2, 0.25) is 5.91 Å². The zero-order valence-corrected chi connectivity index (χ0v) is 16.6. The van der Waals surface area contributed by atoms with Crippen molar-refractivity contribution >= 4 is 15.7 Å². The third kappa shape index (κ3) is 4.46. The van der Waals surface area contributed by atoms with E-state index in [2.05, 4.69) is 10.1 Å². The van der Waals surface area contributed by atoms with Gasteiger partial charge in [0.05, 0.1) is 16.7 Å². The maximum absolute atomic E-state index is 12.4. The number of rotatable bonds is 6. The predicted molar refractivity (Wildman–Crippen MR) is 98.5 cm³/mol. The largest absolute Gasteiger partial charge is 0.361 e. The van der Waals surface area contributed by atoms with Gasteiger partial charge in [0, 0.05) is 44.7 Å². The second kappa shape index (κ2) is 8.08. The first kappa shape index (κ1) is 19.4. The summed E-state index contributed by atoms with van der Waals surface area (Å²) in [7, 11) is -3.12. The second-order valence-corrected chi connectivity index (χ2v) is 9.88. The molecule has 3 rings (SSSR count). The van der Waals surface area contributed by atoms with Crippen molar-refractivity contribution in [3.05, 3.63) is 17.0 Å². The quantitative estimate of drug-likeness (QED) is 0.743. The lowest BCUT2D eigenvalue weighted by Gasteiger charge is -2.34. The van der Waals surface area contributed by atoms with Crippen molar-refractivity contribution in [2.45, 2.75) is 57.7 Å². The number of nitrogens with zero attached hydrogens (tertiary/aromatic N) is 3. The number of piperazine rings is 1. The van der Waals surface area contributed by atoms with Gasteiger partial charge in [-0.25, -0.2) is 8.42 Å². The molecule has 146 valence electrons. The first-order valence-electron chi connectivity index (χ1n) is 9.50. The van der Waals surface area contributed by atoms with E-state index < -0.39 is 9.84 Å². The van der Waals surface area contributed by atoms with E-state index in [1.165, 1.54) is 0 Å². The van der Waals surface area contributed by atoms with Gasteiger partial charge in [0.25, 0.3) is 0 Å². The van der Waals surface area contributed by atoms with E-state index in [4.69, 9.17) is 4.52 Å². The van der Waals surface area contributed by atoms with E-state index >= 15 is 0 Å². The van der Waals surface area contributed by atoms with Crippen LogP contribution in [0.2, 0.25) is 0 Å². The Bertz CT molecular complexity index is 710. The van der Waals surface area contributed by atoms with Gasteiger partial charge in [-0.15, -0.1) is 0 Å². The van der Waals surface area contributed by atoms with Crippen LogP contribution in [-0.2, 0) is 21.2 Å². The van der Waals surface area contributed by atoms with Crippen LogP contribution in [0.15, 0.2) is 4.52 Å². The fourth-order valence-electron chi connectivity index (χ4n) is 3.91. The normalized spacial score (nSPS) is 20.0. The van der Waals surface area contributed by atoms with Crippen molar-refractivity contribution in [1.29, 1.82) is 0 Å². The number of aromatic nitrogens is 1. The van der Waals surface area contributed by atoms with Crippen LogP contribution in [-0.4, -0.2) is 66.5 Å². The molecule has 2 heterocycles. The van der Waals surface area contributed by atoms with Gasteiger partial charge in [0.1, 0.15) is 5.76 Å². The highest BCUT2D eigenvalue weighted by Crippen LogP contribution is 2.25. The molecule has 2 aliphatic rings. The number of aryl methyl sites for hydroxylation is 2. The Labute approximate surface area is 155 Å². The molecule has 0 N–H and O–H groups in total. The van der Waals surface area contributed by atoms with Gasteiger partial charge in [-0.3, -0.25) is 9.69 Å². The van der Waals surface area contributed by atoms with Crippen LogP contribution >= 0.6 is 0 Å². The predicted octanol–water partition coefficient (Wildman–Crippen LogP) is 1.68. The van der Waals surface area contributed by atoms with Crippen molar-refractivity contribution in [2.75, 3.05) is 31.9 Å². The zero-order valence-electron chi connectivity index (χ0n) is 15.7. The molecule has 0 spiro atoms. The van der Waals surface area contributed by atoms with Gasteiger partial charge in [-0.05, 0) is 26.7 Å². The Morgan fingerprint density at radius 1 is 1.15 bits per heavy atom. The Morgan fingerprint density at radius 3 is 2.38 bits per heavy atom. The van der Waals surface area contributed by atoms with Crippen molar-refractivity contribution in [3.8, 4) is 0 Å². The van der Waals surface area contributed by atoms with Crippen molar-refractivity contribution in [2.24, 2.45) is 0 Å². The number of hydrogen-bond donors (Lipinski definition) is 0. The molecule has 0 unspecified atom stereocenters. The van der Waals surface area contributed by atoms with Gasteiger partial charge in [0.15, 0.2) is 9.84 Å². The molecule has 1 aliphatic carbocycles. The molecule has 1 aromatic rings. The van der Waals surface area contributed by atoms with Crippen LogP contribution in [0.3, 0.4) is 0 Å². The number of sulfone groups is 1. The smallest absolute Gasteiger partial charge is 0.223 e. The minimum Gasteiger partial charge on any atom is -0.361 e. The minimum absolute atomic E-state index is 0.00417. The lowest BCUT2D eigenvalue weighted by atomic mass is 10.1. The Kier molecular flexibility index (Phi) is 6.02. The molecule has 8 heteroatoms. The van der Waals surface area contributed by atoms with Gasteiger partial charge in [-0.1, -0.05) is 18.0 Å². The SMILES string of the molecule is Cc1noc(C)c1CN1CCN(C(=O)CCS(=O)(=O)C2CCCC2)CC1. The summed E-state index contributed by atoms with van der Waals surface area (Å²) in [6.07, 6.45) is 3.62. The van der Waals surface area contributed by atoms with Gasteiger partial charge in [-0.2, -0.15) is 0 Å². The third-order valence-electron chi connectivity index (χ3n) is 5.70. The molecule has 0 bridgehead atoms. The average Bonchev–Trinajstić information content (AvgIpc) is 3.27. The van der Waals surface area contributed by atoms with Crippen LogP contribution in [0, 0.1) is 13.8 Å². The standard InChI is InChI=1S/C18H29N3O4S/c1-14-17(15(2)25-19-14)13-20-8-10-21(11-9-20)18(22)7-12-26(23,24)16-5-3-4-6-16/h16H,3-13H2,1-2H3. The van der Waals surface area contributed by atoms with E-state index in [1.54, 1.807) is 4.90 Å². The summed E-state index contributed by atoms with van der Waals surface area (Å²) in [5.41, 5.74) is 2.03. The molecule has 1 aliphatic heterocycles. The first-order valence-corrected chi connectivity index (χ1v) is 11.2. The average molecular weight is 384 g/mol. The number of carbonyl (C=O) groups is 1. The molecule has 0 atom stereocenters. The molecule has 1 saturated heterocycles. The molecule has 7 nitrogen and oxygen atoms in total. The van der Waals surface area contributed by atoms with Gasteiger partial charge < -0.3 is 9.42 Å². The minimum atomic E-state index is -3.12. The van der Waals surface area contributed by atoms with Crippen LogP contribution in [0.5, 0.6) is 0 Å². The molecule has 0 radical (unpaired) electrons. The molecule has 2 fully saturated rings. The third-order valence-corrected chi connectivity index (χ3v) is 7.96. The summed E-state index contributed by atoms with van der Waals surface area (Å²) in [4.78, 5) is 16.5. The van der Waals surface area contributed by atoms with E-state index in [0.717, 1.165) is 62.3 Å². The monoisotopic (exact) mass is 383 g/mol. The maximum Gasteiger partial charge on any atom is 0.223 e.